The van der Waals surface area contributed by atoms with Crippen LogP contribution < -0.4 is 0 Å². The molecule has 1 fully saturated rings. The van der Waals surface area contributed by atoms with Crippen LogP contribution in [0.2, 0.25) is 0 Å². The number of Topliss-reactive ketones (excluding diaryl/α,β-unsaturated/α-hetero) is 1. The molecule has 1 aliphatic rings. The molecular formula is C16H23NO4. The topological polar surface area (TPSA) is 76.0 Å². The normalized spacial score (nSPS) is 22.0. The van der Waals surface area contributed by atoms with Crippen molar-refractivity contribution >= 4 is 17.5 Å². The molecule has 0 aliphatic heterocycles. The van der Waals surface area contributed by atoms with Crippen molar-refractivity contribution in [1.29, 1.82) is 0 Å². The van der Waals surface area contributed by atoms with E-state index in [4.69, 9.17) is 0 Å². The van der Waals surface area contributed by atoms with E-state index >= 15 is 0 Å². The number of ether oxygens (including phenoxy) is 1. The first-order valence-electron chi connectivity index (χ1n) is 6.97. The maximum atomic E-state index is 12.3. The number of aliphatic imine (C=N–C) groups is 1. The maximum absolute atomic E-state index is 12.3. The van der Waals surface area contributed by atoms with Gasteiger partial charge in [-0.2, -0.15) is 0 Å². The Labute approximate surface area is 125 Å². The van der Waals surface area contributed by atoms with E-state index in [0.29, 0.717) is 25.1 Å². The van der Waals surface area contributed by atoms with E-state index in [0.717, 1.165) is 0 Å². The molecule has 0 aromatic carbocycles. The van der Waals surface area contributed by atoms with Gasteiger partial charge in [0, 0.05) is 18.6 Å². The Morgan fingerprint density at radius 1 is 1.43 bits per heavy atom. The Morgan fingerprint density at radius 3 is 2.67 bits per heavy atom. The predicted octanol–water partition coefficient (Wildman–Crippen LogP) is 2.77. The van der Waals surface area contributed by atoms with E-state index in [1.54, 1.807) is 6.08 Å². The first-order chi connectivity index (χ1) is 9.80. The molecule has 0 heterocycles. The highest BCUT2D eigenvalue weighted by Gasteiger charge is 2.36. The molecular weight excluding hydrogens is 270 g/mol. The zero-order valence-electron chi connectivity index (χ0n) is 12.9. The van der Waals surface area contributed by atoms with Gasteiger partial charge >= 0.3 is 5.97 Å². The van der Waals surface area contributed by atoms with E-state index in [-0.39, 0.29) is 35.4 Å². The number of hydrogen-bond acceptors (Lipinski definition) is 5. The first-order valence-corrected chi connectivity index (χ1v) is 6.97. The van der Waals surface area contributed by atoms with Crippen LogP contribution in [0.5, 0.6) is 0 Å². The van der Waals surface area contributed by atoms with Gasteiger partial charge in [0.15, 0.2) is 5.78 Å². The van der Waals surface area contributed by atoms with Gasteiger partial charge in [-0.15, -0.1) is 6.58 Å². The van der Waals surface area contributed by atoms with Gasteiger partial charge < -0.3 is 9.84 Å². The molecule has 1 aliphatic carbocycles. The van der Waals surface area contributed by atoms with Gasteiger partial charge in [0.25, 0.3) is 0 Å². The van der Waals surface area contributed by atoms with E-state index in [9.17, 15) is 14.7 Å². The summed E-state index contributed by atoms with van der Waals surface area (Å²) in [7, 11) is 1.29. The summed E-state index contributed by atoms with van der Waals surface area (Å²) in [5, 5.41) is 10.2. The Kier molecular flexibility index (Phi) is 5.88. The molecule has 0 aromatic heterocycles. The van der Waals surface area contributed by atoms with Crippen LogP contribution in [0, 0.1) is 5.41 Å². The molecule has 21 heavy (non-hydrogen) atoms. The van der Waals surface area contributed by atoms with Crippen molar-refractivity contribution in [2.24, 2.45) is 10.4 Å². The molecule has 0 atom stereocenters. The quantitative estimate of drug-likeness (QED) is 0.366. The minimum absolute atomic E-state index is 0.0389. The average Bonchev–Trinajstić information content (AvgIpc) is 2.40. The highest BCUT2D eigenvalue weighted by molar-refractivity contribution is 6.24. The first kappa shape index (κ1) is 17.1. The molecule has 0 saturated heterocycles. The van der Waals surface area contributed by atoms with Gasteiger partial charge in [0.05, 0.1) is 25.6 Å². The van der Waals surface area contributed by atoms with Gasteiger partial charge in [0.2, 0.25) is 0 Å². The van der Waals surface area contributed by atoms with Gasteiger partial charge in [-0.25, -0.2) is 0 Å². The lowest BCUT2D eigenvalue weighted by Gasteiger charge is -2.31. The van der Waals surface area contributed by atoms with Gasteiger partial charge in [-0.1, -0.05) is 19.9 Å². The van der Waals surface area contributed by atoms with Crippen LogP contribution in [0.4, 0.5) is 0 Å². The van der Waals surface area contributed by atoms with Crippen LogP contribution in [0.25, 0.3) is 0 Å². The van der Waals surface area contributed by atoms with Crippen LogP contribution in [0.3, 0.4) is 0 Å². The van der Waals surface area contributed by atoms with Crippen LogP contribution in [0.1, 0.15) is 39.5 Å². The Morgan fingerprint density at radius 2 is 2.10 bits per heavy atom. The second kappa shape index (κ2) is 7.20. The van der Waals surface area contributed by atoms with Crippen molar-refractivity contribution in [2.75, 3.05) is 13.7 Å². The number of esters is 1. The third kappa shape index (κ3) is 4.85. The molecule has 5 nitrogen and oxygen atoms in total. The molecule has 1 rings (SSSR count). The van der Waals surface area contributed by atoms with Crippen LogP contribution >= 0.6 is 0 Å². The van der Waals surface area contributed by atoms with Crippen molar-refractivity contribution in [1.82, 2.24) is 0 Å². The third-order valence-electron chi connectivity index (χ3n) is 3.35. The SMILES string of the molecule is C=CCN=C1CC(C)(C)CC(=O)C1=C(O)CCC(=O)OC. The summed E-state index contributed by atoms with van der Waals surface area (Å²) in [4.78, 5) is 27.8. The zero-order valence-corrected chi connectivity index (χ0v) is 12.9. The monoisotopic (exact) mass is 293 g/mol. The third-order valence-corrected chi connectivity index (χ3v) is 3.35. The zero-order chi connectivity index (χ0) is 16.0. The molecule has 1 N–H and O–H groups in total. The van der Waals surface area contributed by atoms with Crippen molar-refractivity contribution in [3.8, 4) is 0 Å². The Balaban J connectivity index is 3.06. The molecule has 0 spiro atoms. The van der Waals surface area contributed by atoms with Crippen molar-refractivity contribution < 1.29 is 19.4 Å². The van der Waals surface area contributed by atoms with Crippen molar-refractivity contribution in [3.63, 3.8) is 0 Å². The van der Waals surface area contributed by atoms with E-state index in [2.05, 4.69) is 16.3 Å². The number of methoxy groups -OCH3 is 1. The summed E-state index contributed by atoms with van der Waals surface area (Å²) in [5.74, 6) is -0.629. The summed E-state index contributed by atoms with van der Waals surface area (Å²) in [6.45, 7) is 8.00. The summed E-state index contributed by atoms with van der Waals surface area (Å²) in [5.41, 5.74) is 0.682. The van der Waals surface area contributed by atoms with Crippen molar-refractivity contribution in [2.45, 2.75) is 39.5 Å². The lowest BCUT2D eigenvalue weighted by atomic mass is 9.73. The van der Waals surface area contributed by atoms with Gasteiger partial charge in [-0.05, 0) is 11.8 Å². The maximum Gasteiger partial charge on any atom is 0.305 e. The molecule has 0 aromatic rings. The van der Waals surface area contributed by atoms with Crippen molar-refractivity contribution in [3.05, 3.63) is 24.0 Å². The fourth-order valence-corrected chi connectivity index (χ4v) is 2.37. The summed E-state index contributed by atoms with van der Waals surface area (Å²) in [6.07, 6.45) is 2.74. The minimum atomic E-state index is -0.421. The molecule has 0 amide bonds. The molecule has 0 bridgehead atoms. The smallest absolute Gasteiger partial charge is 0.305 e. The summed E-state index contributed by atoms with van der Waals surface area (Å²) < 4.78 is 4.54. The number of hydrogen-bond donors (Lipinski definition) is 1. The average molecular weight is 293 g/mol. The number of rotatable bonds is 5. The Hall–Kier alpha value is -1.91. The van der Waals surface area contributed by atoms with Crippen LogP contribution in [0.15, 0.2) is 29.0 Å². The number of aliphatic hydroxyl groups is 1. The molecule has 0 unspecified atom stereocenters. The lowest BCUT2D eigenvalue weighted by molar-refractivity contribution is -0.140. The highest BCUT2D eigenvalue weighted by Crippen LogP contribution is 2.35. The largest absolute Gasteiger partial charge is 0.511 e. The predicted molar refractivity (Wildman–Crippen MR) is 81.4 cm³/mol. The lowest BCUT2D eigenvalue weighted by Crippen LogP contribution is -2.33. The van der Waals surface area contributed by atoms with E-state index in [1.807, 2.05) is 13.8 Å². The molecule has 5 heteroatoms. The van der Waals surface area contributed by atoms with Gasteiger partial charge in [0.1, 0.15) is 5.76 Å². The number of ketones is 1. The number of nitrogens with zero attached hydrogens (tertiary/aromatic N) is 1. The number of aliphatic hydroxyl groups excluding tert-OH is 1. The second-order valence-electron chi connectivity index (χ2n) is 5.91. The minimum Gasteiger partial charge on any atom is -0.511 e. The molecule has 116 valence electrons. The summed E-state index contributed by atoms with van der Waals surface area (Å²) in [6, 6.07) is 0. The van der Waals surface area contributed by atoms with E-state index in [1.165, 1.54) is 7.11 Å². The fraction of sp³-hybridized carbons (Fsp3) is 0.562. The summed E-state index contributed by atoms with van der Waals surface area (Å²) >= 11 is 0. The highest BCUT2D eigenvalue weighted by atomic mass is 16.5. The van der Waals surface area contributed by atoms with Gasteiger partial charge in [-0.3, -0.25) is 14.6 Å². The fourth-order valence-electron chi connectivity index (χ4n) is 2.37. The second-order valence-corrected chi connectivity index (χ2v) is 5.91. The van der Waals surface area contributed by atoms with Crippen LogP contribution in [-0.2, 0) is 14.3 Å². The van der Waals surface area contributed by atoms with Crippen LogP contribution in [-0.4, -0.2) is 36.2 Å². The number of carbonyl (C=O) groups is 2. The van der Waals surface area contributed by atoms with E-state index < -0.39 is 5.97 Å². The number of allylic oxidation sites excluding steroid dienone is 2. The molecule has 0 radical (unpaired) electrons. The Bertz CT molecular complexity index is 500. The molecule has 1 saturated carbocycles. The number of carbonyl (C=O) groups excluding carboxylic acids is 2. The standard InChI is InChI=1S/C16H23NO4/c1-5-8-17-11-9-16(2,3)10-13(19)15(11)12(18)6-7-14(20)21-4/h5,18H,1,6-10H2,2-4H3.